The van der Waals surface area contributed by atoms with Gasteiger partial charge >= 0.3 is 0 Å². The van der Waals surface area contributed by atoms with E-state index in [-0.39, 0.29) is 11.3 Å². The van der Waals surface area contributed by atoms with Gasteiger partial charge in [-0.1, -0.05) is 105 Å². The number of hydrogen-bond acceptors (Lipinski definition) is 1. The van der Waals surface area contributed by atoms with E-state index in [9.17, 15) is 5.11 Å². The van der Waals surface area contributed by atoms with Gasteiger partial charge in [0.25, 0.3) is 0 Å². The van der Waals surface area contributed by atoms with Gasteiger partial charge in [-0.2, -0.15) is 0 Å². The summed E-state index contributed by atoms with van der Waals surface area (Å²) in [7, 11) is 0. The van der Waals surface area contributed by atoms with Crippen LogP contribution in [0.25, 0.3) is 0 Å². The molecule has 0 bridgehead atoms. The van der Waals surface area contributed by atoms with Crippen LogP contribution in [0.15, 0.2) is 91.0 Å². The van der Waals surface area contributed by atoms with Crippen LogP contribution in [-0.2, 0) is 5.41 Å². The molecule has 132 valence electrons. The van der Waals surface area contributed by atoms with E-state index in [1.165, 1.54) is 0 Å². The van der Waals surface area contributed by atoms with Gasteiger partial charge in [-0.3, -0.25) is 0 Å². The molecule has 4 rings (SSSR count). The van der Waals surface area contributed by atoms with Crippen LogP contribution in [0.3, 0.4) is 0 Å². The third-order valence-electron chi connectivity index (χ3n) is 6.10. The van der Waals surface area contributed by atoms with Crippen LogP contribution < -0.4 is 0 Å². The van der Waals surface area contributed by atoms with Crippen molar-refractivity contribution < 1.29 is 5.11 Å². The zero-order valence-electron chi connectivity index (χ0n) is 15.5. The van der Waals surface area contributed by atoms with E-state index in [0.717, 1.165) is 23.1 Å². The normalized spacial score (nSPS) is 19.7. The maximum atomic E-state index is 11.8. The van der Waals surface area contributed by atoms with Gasteiger partial charge in [0.2, 0.25) is 0 Å². The van der Waals surface area contributed by atoms with Gasteiger partial charge in [-0.25, -0.2) is 0 Å². The Hall–Kier alpha value is -2.38. The summed E-state index contributed by atoms with van der Waals surface area (Å²) in [5, 5.41) is 11.8. The van der Waals surface area contributed by atoms with E-state index in [0.29, 0.717) is 0 Å². The molecule has 26 heavy (non-hydrogen) atoms. The van der Waals surface area contributed by atoms with Crippen molar-refractivity contribution in [2.75, 3.05) is 0 Å². The number of rotatable bonds is 5. The molecule has 2 unspecified atom stereocenters. The fourth-order valence-corrected chi connectivity index (χ4v) is 4.46. The Kier molecular flexibility index (Phi) is 4.20. The average Bonchev–Trinajstić information content (AvgIpc) is 3.33. The maximum absolute atomic E-state index is 11.8. The molecule has 0 amide bonds. The summed E-state index contributed by atoms with van der Waals surface area (Å²) in [5.74, 6) is 0.281. The van der Waals surface area contributed by atoms with Gasteiger partial charge in [-0.15, -0.1) is 0 Å². The number of aliphatic hydroxyl groups excluding tert-OH is 1. The van der Waals surface area contributed by atoms with Gasteiger partial charge in [0, 0.05) is 0 Å². The van der Waals surface area contributed by atoms with Crippen molar-refractivity contribution in [1.82, 2.24) is 0 Å². The molecule has 1 heteroatoms. The molecule has 0 spiro atoms. The molecule has 1 nitrogen and oxygen atoms in total. The maximum Gasteiger partial charge on any atom is 0.0751 e. The number of benzene rings is 3. The second-order valence-electron chi connectivity index (χ2n) is 8.15. The van der Waals surface area contributed by atoms with Crippen LogP contribution in [0.1, 0.15) is 37.0 Å². The molecule has 1 N–H and O–H groups in total. The number of hydrogen-bond donors (Lipinski definition) is 1. The quantitative estimate of drug-likeness (QED) is 0.613. The van der Waals surface area contributed by atoms with Crippen LogP contribution in [-0.4, -0.2) is 11.2 Å². The van der Waals surface area contributed by atoms with Crippen LogP contribution in [0, 0.1) is 11.3 Å². The van der Waals surface area contributed by atoms with Gasteiger partial charge in [0.1, 0.15) is 0 Å². The van der Waals surface area contributed by atoms with Crippen LogP contribution in [0.2, 0.25) is 0 Å². The van der Waals surface area contributed by atoms with E-state index >= 15 is 0 Å². The lowest BCUT2D eigenvalue weighted by Crippen LogP contribution is -2.44. The van der Waals surface area contributed by atoms with Crippen molar-refractivity contribution in [2.24, 2.45) is 11.3 Å². The topological polar surface area (TPSA) is 20.2 Å². The van der Waals surface area contributed by atoms with Gasteiger partial charge < -0.3 is 5.11 Å². The second-order valence-corrected chi connectivity index (χ2v) is 8.15. The monoisotopic (exact) mass is 342 g/mol. The minimum absolute atomic E-state index is 0.184. The molecule has 1 fully saturated rings. The summed E-state index contributed by atoms with van der Waals surface area (Å²) in [6.07, 6.45) is 0.576. The summed E-state index contributed by atoms with van der Waals surface area (Å²) in [4.78, 5) is 0. The molecule has 0 heterocycles. The fraction of sp³-hybridized carbons (Fsp3) is 0.280. The Bertz CT molecular complexity index is 756. The van der Waals surface area contributed by atoms with E-state index in [4.69, 9.17) is 0 Å². The minimum Gasteiger partial charge on any atom is -0.391 e. The van der Waals surface area contributed by atoms with Crippen LogP contribution in [0.5, 0.6) is 0 Å². The molecule has 0 aromatic heterocycles. The molecule has 2 atom stereocenters. The van der Waals surface area contributed by atoms with E-state index in [1.807, 2.05) is 18.2 Å². The third kappa shape index (κ3) is 2.68. The first-order valence-electron chi connectivity index (χ1n) is 9.41. The molecule has 1 aliphatic rings. The standard InChI is InChI=1S/C25H26O/c1-24(2)18-22(24)23(26)25(19-12-6-3-7-13-19,20-14-8-4-9-15-20)21-16-10-5-11-17-21/h3-17,22-23,26H,18H2,1-2H3. The highest BCUT2D eigenvalue weighted by atomic mass is 16.3. The number of aliphatic hydroxyl groups is 1. The fourth-order valence-electron chi connectivity index (χ4n) is 4.46. The molecule has 0 radical (unpaired) electrons. The predicted molar refractivity (Wildman–Crippen MR) is 107 cm³/mol. The average molecular weight is 342 g/mol. The van der Waals surface area contributed by atoms with Crippen molar-refractivity contribution in [1.29, 1.82) is 0 Å². The lowest BCUT2D eigenvalue weighted by atomic mass is 9.64. The smallest absolute Gasteiger partial charge is 0.0751 e. The highest BCUT2D eigenvalue weighted by Gasteiger charge is 2.57. The summed E-state index contributed by atoms with van der Waals surface area (Å²) < 4.78 is 0. The molecule has 1 aliphatic carbocycles. The van der Waals surface area contributed by atoms with Gasteiger partial charge in [0.05, 0.1) is 11.5 Å². The SMILES string of the molecule is CC1(C)CC1C(O)C(c1ccccc1)(c1ccccc1)c1ccccc1. The third-order valence-corrected chi connectivity index (χ3v) is 6.10. The molecule has 3 aromatic rings. The van der Waals surface area contributed by atoms with Crippen LogP contribution >= 0.6 is 0 Å². The lowest BCUT2D eigenvalue weighted by Gasteiger charge is -2.41. The van der Waals surface area contributed by atoms with E-state index in [2.05, 4.69) is 86.6 Å². The van der Waals surface area contributed by atoms with Crippen molar-refractivity contribution in [2.45, 2.75) is 31.8 Å². The summed E-state index contributed by atoms with van der Waals surface area (Å²) >= 11 is 0. The highest BCUT2D eigenvalue weighted by molar-refractivity contribution is 5.52. The molecular weight excluding hydrogens is 316 g/mol. The molecular formula is C25H26O. The predicted octanol–water partition coefficient (Wildman–Crippen LogP) is 5.43. The molecule has 3 aromatic carbocycles. The summed E-state index contributed by atoms with van der Waals surface area (Å²) in [6.45, 7) is 4.51. The van der Waals surface area contributed by atoms with Crippen molar-refractivity contribution in [3.05, 3.63) is 108 Å². The first kappa shape index (κ1) is 17.1. The Morgan fingerprint density at radius 2 is 1.04 bits per heavy atom. The second kappa shape index (κ2) is 6.41. The molecule has 1 saturated carbocycles. The first-order valence-corrected chi connectivity index (χ1v) is 9.41. The Morgan fingerprint density at radius 3 is 1.31 bits per heavy atom. The molecule has 0 aliphatic heterocycles. The van der Waals surface area contributed by atoms with E-state index < -0.39 is 11.5 Å². The van der Waals surface area contributed by atoms with Gasteiger partial charge in [-0.05, 0) is 34.4 Å². The summed E-state index contributed by atoms with van der Waals surface area (Å²) in [6, 6.07) is 31.4. The Morgan fingerprint density at radius 1 is 0.731 bits per heavy atom. The van der Waals surface area contributed by atoms with Crippen LogP contribution in [0.4, 0.5) is 0 Å². The minimum atomic E-state index is -0.567. The van der Waals surface area contributed by atoms with Crippen molar-refractivity contribution >= 4 is 0 Å². The van der Waals surface area contributed by atoms with Crippen molar-refractivity contribution in [3.63, 3.8) is 0 Å². The summed E-state index contributed by atoms with van der Waals surface area (Å²) in [5.41, 5.74) is 3.05. The Labute approximate surface area is 156 Å². The van der Waals surface area contributed by atoms with Crippen molar-refractivity contribution in [3.8, 4) is 0 Å². The highest BCUT2D eigenvalue weighted by Crippen LogP contribution is 2.59. The lowest BCUT2D eigenvalue weighted by molar-refractivity contribution is 0.0869. The molecule has 0 saturated heterocycles. The zero-order chi connectivity index (χ0) is 18.2. The first-order chi connectivity index (χ1) is 12.6. The Balaban J connectivity index is 2.01. The van der Waals surface area contributed by atoms with E-state index in [1.54, 1.807) is 0 Å². The van der Waals surface area contributed by atoms with Gasteiger partial charge in [0.15, 0.2) is 0 Å². The largest absolute Gasteiger partial charge is 0.391 e. The zero-order valence-corrected chi connectivity index (χ0v) is 15.5.